The molecule has 4 nitrogen and oxygen atoms in total. The topological polar surface area (TPSA) is 66.4 Å². The minimum absolute atomic E-state index is 0.157. The lowest BCUT2D eigenvalue weighted by Crippen LogP contribution is -2.42. The number of nitrogens with one attached hydrogen (secondary N) is 1. The Hall–Kier alpha value is -0.390. The Labute approximate surface area is 131 Å². The van der Waals surface area contributed by atoms with E-state index in [4.69, 9.17) is 0 Å². The van der Waals surface area contributed by atoms with Gasteiger partial charge < -0.3 is 0 Å². The van der Waals surface area contributed by atoms with E-state index in [1.807, 2.05) is 13.0 Å². The molecule has 5 heteroatoms. The van der Waals surface area contributed by atoms with Gasteiger partial charge in [0.2, 0.25) is 0 Å². The van der Waals surface area contributed by atoms with Gasteiger partial charge in [0.15, 0.2) is 0 Å². The SMILES string of the molecule is CC=CC(CCCCCCC)CNC(C(C)C)S(=O)(=O)O. The summed E-state index contributed by atoms with van der Waals surface area (Å²) < 4.78 is 32.0. The molecule has 0 heterocycles. The molecule has 0 bridgehead atoms. The summed E-state index contributed by atoms with van der Waals surface area (Å²) in [4.78, 5) is 0. The Morgan fingerprint density at radius 3 is 2.24 bits per heavy atom. The first kappa shape index (κ1) is 20.6. The van der Waals surface area contributed by atoms with Crippen LogP contribution in [0.15, 0.2) is 12.2 Å². The fourth-order valence-electron chi connectivity index (χ4n) is 2.50. The van der Waals surface area contributed by atoms with Gasteiger partial charge in [0.25, 0.3) is 10.1 Å². The zero-order chi connectivity index (χ0) is 16.3. The van der Waals surface area contributed by atoms with Gasteiger partial charge in [-0.05, 0) is 25.2 Å². The van der Waals surface area contributed by atoms with Crippen LogP contribution < -0.4 is 5.32 Å². The third-order valence-corrected chi connectivity index (χ3v) is 5.00. The molecule has 0 saturated heterocycles. The van der Waals surface area contributed by atoms with Crippen LogP contribution in [0.2, 0.25) is 0 Å². The molecule has 0 saturated carbocycles. The average Bonchev–Trinajstić information content (AvgIpc) is 2.36. The summed E-state index contributed by atoms with van der Waals surface area (Å²) in [7, 11) is -4.04. The predicted octanol–water partition coefficient (Wildman–Crippen LogP) is 4.00. The monoisotopic (exact) mass is 319 g/mol. The fraction of sp³-hybridized carbons (Fsp3) is 0.875. The van der Waals surface area contributed by atoms with E-state index in [1.54, 1.807) is 13.8 Å². The molecule has 0 fully saturated rings. The second-order valence-corrected chi connectivity index (χ2v) is 7.61. The molecule has 0 radical (unpaired) electrons. The molecule has 126 valence electrons. The van der Waals surface area contributed by atoms with E-state index in [0.29, 0.717) is 12.5 Å². The van der Waals surface area contributed by atoms with Gasteiger partial charge in [0.1, 0.15) is 5.37 Å². The van der Waals surface area contributed by atoms with Gasteiger partial charge in [0, 0.05) is 6.54 Å². The molecule has 0 amide bonds. The largest absolute Gasteiger partial charge is 0.298 e. The molecule has 0 spiro atoms. The Kier molecular flexibility index (Phi) is 11.0. The fourth-order valence-corrected chi connectivity index (χ4v) is 3.50. The van der Waals surface area contributed by atoms with Gasteiger partial charge in [-0.25, -0.2) is 0 Å². The summed E-state index contributed by atoms with van der Waals surface area (Å²) in [6.07, 6.45) is 11.4. The van der Waals surface area contributed by atoms with Crippen molar-refractivity contribution in [2.75, 3.05) is 6.54 Å². The smallest absolute Gasteiger partial charge is 0.281 e. The van der Waals surface area contributed by atoms with Crippen molar-refractivity contribution < 1.29 is 13.0 Å². The van der Waals surface area contributed by atoms with E-state index >= 15 is 0 Å². The molecular formula is C16H33NO3S. The van der Waals surface area contributed by atoms with Crippen LogP contribution in [0.1, 0.15) is 66.2 Å². The van der Waals surface area contributed by atoms with E-state index in [2.05, 4.69) is 18.3 Å². The van der Waals surface area contributed by atoms with Crippen molar-refractivity contribution in [2.24, 2.45) is 11.8 Å². The summed E-state index contributed by atoms with van der Waals surface area (Å²) in [6, 6.07) is 0. The molecule has 0 aromatic carbocycles. The predicted molar refractivity (Wildman–Crippen MR) is 89.9 cm³/mol. The zero-order valence-corrected chi connectivity index (χ0v) is 14.8. The van der Waals surface area contributed by atoms with Crippen molar-refractivity contribution in [1.29, 1.82) is 0 Å². The highest BCUT2D eigenvalue weighted by Gasteiger charge is 2.26. The lowest BCUT2D eigenvalue weighted by atomic mass is 9.99. The van der Waals surface area contributed by atoms with Gasteiger partial charge >= 0.3 is 0 Å². The van der Waals surface area contributed by atoms with Crippen LogP contribution in [0.5, 0.6) is 0 Å². The van der Waals surface area contributed by atoms with Gasteiger partial charge in [0.05, 0.1) is 0 Å². The van der Waals surface area contributed by atoms with E-state index in [-0.39, 0.29) is 5.92 Å². The molecule has 0 aliphatic carbocycles. The second-order valence-electron chi connectivity index (χ2n) is 6.08. The van der Waals surface area contributed by atoms with Gasteiger partial charge in [-0.1, -0.05) is 65.0 Å². The minimum Gasteiger partial charge on any atom is -0.298 e. The van der Waals surface area contributed by atoms with E-state index in [0.717, 1.165) is 12.8 Å². The van der Waals surface area contributed by atoms with Gasteiger partial charge in [-0.3, -0.25) is 9.87 Å². The van der Waals surface area contributed by atoms with Gasteiger partial charge in [-0.15, -0.1) is 0 Å². The first-order valence-electron chi connectivity index (χ1n) is 8.15. The normalized spacial score (nSPS) is 15.7. The first-order valence-corrected chi connectivity index (χ1v) is 9.65. The van der Waals surface area contributed by atoms with Crippen LogP contribution in [-0.2, 0) is 10.1 Å². The summed E-state index contributed by atoms with van der Waals surface area (Å²) >= 11 is 0. The maximum absolute atomic E-state index is 11.4. The maximum atomic E-state index is 11.4. The third kappa shape index (κ3) is 10.0. The summed E-state index contributed by atoms with van der Waals surface area (Å²) in [5, 5.41) is 2.12. The molecular weight excluding hydrogens is 286 g/mol. The van der Waals surface area contributed by atoms with Crippen molar-refractivity contribution in [2.45, 2.75) is 71.6 Å². The molecule has 2 N–H and O–H groups in total. The number of unbranched alkanes of at least 4 members (excludes halogenated alkanes) is 4. The molecule has 0 rings (SSSR count). The standard InChI is InChI=1S/C16H33NO3S/c1-5-7-8-9-10-12-15(11-6-2)13-17-16(14(3)4)21(18,19)20/h6,11,14-17H,5,7-10,12-13H2,1-4H3,(H,18,19,20). The van der Waals surface area contributed by atoms with Crippen LogP contribution in [0, 0.1) is 11.8 Å². The Balaban J connectivity index is 4.30. The second kappa shape index (κ2) is 11.2. The van der Waals surface area contributed by atoms with Crippen LogP contribution in [-0.4, -0.2) is 24.9 Å². The molecule has 0 aliphatic heterocycles. The van der Waals surface area contributed by atoms with Crippen molar-refractivity contribution >= 4 is 10.1 Å². The Morgan fingerprint density at radius 1 is 1.14 bits per heavy atom. The van der Waals surface area contributed by atoms with E-state index in [9.17, 15) is 13.0 Å². The quantitative estimate of drug-likeness (QED) is 0.324. The Morgan fingerprint density at radius 2 is 1.76 bits per heavy atom. The molecule has 0 aromatic heterocycles. The number of hydrogen-bond donors (Lipinski definition) is 2. The van der Waals surface area contributed by atoms with Crippen molar-refractivity contribution in [3.63, 3.8) is 0 Å². The lowest BCUT2D eigenvalue weighted by molar-refractivity contribution is 0.391. The number of hydrogen-bond acceptors (Lipinski definition) is 3. The summed E-state index contributed by atoms with van der Waals surface area (Å²) in [5.74, 6) is 0.162. The average molecular weight is 320 g/mol. The molecule has 2 atom stereocenters. The highest BCUT2D eigenvalue weighted by atomic mass is 32.2. The van der Waals surface area contributed by atoms with E-state index in [1.165, 1.54) is 25.7 Å². The van der Waals surface area contributed by atoms with Crippen molar-refractivity contribution in [3.05, 3.63) is 12.2 Å². The molecule has 21 heavy (non-hydrogen) atoms. The Bertz CT molecular complexity index is 377. The third-order valence-electron chi connectivity index (χ3n) is 3.65. The lowest BCUT2D eigenvalue weighted by Gasteiger charge is -2.22. The van der Waals surface area contributed by atoms with Gasteiger partial charge in [-0.2, -0.15) is 8.42 Å². The number of rotatable bonds is 12. The van der Waals surface area contributed by atoms with E-state index < -0.39 is 15.5 Å². The number of allylic oxidation sites excluding steroid dienone is 1. The summed E-state index contributed by atoms with van der Waals surface area (Å²) in [6.45, 7) is 8.35. The van der Waals surface area contributed by atoms with Crippen LogP contribution in [0.25, 0.3) is 0 Å². The highest BCUT2D eigenvalue weighted by molar-refractivity contribution is 7.86. The van der Waals surface area contributed by atoms with Crippen LogP contribution >= 0.6 is 0 Å². The van der Waals surface area contributed by atoms with Crippen molar-refractivity contribution in [3.8, 4) is 0 Å². The zero-order valence-electron chi connectivity index (χ0n) is 14.0. The molecule has 0 aromatic rings. The maximum Gasteiger partial charge on any atom is 0.281 e. The molecule has 2 unspecified atom stereocenters. The first-order chi connectivity index (χ1) is 9.82. The minimum atomic E-state index is -4.04. The highest BCUT2D eigenvalue weighted by Crippen LogP contribution is 2.15. The summed E-state index contributed by atoms with van der Waals surface area (Å²) in [5.41, 5.74) is 0. The van der Waals surface area contributed by atoms with Crippen molar-refractivity contribution in [1.82, 2.24) is 5.32 Å². The molecule has 0 aliphatic rings. The van der Waals surface area contributed by atoms with Crippen LogP contribution in [0.4, 0.5) is 0 Å². The van der Waals surface area contributed by atoms with Crippen LogP contribution in [0.3, 0.4) is 0 Å².